The van der Waals surface area contributed by atoms with Gasteiger partial charge in [0.05, 0.1) is 6.04 Å². The van der Waals surface area contributed by atoms with Crippen LogP contribution in [0.1, 0.15) is 19.8 Å². The van der Waals surface area contributed by atoms with Crippen LogP contribution in [0, 0.1) is 0 Å². The van der Waals surface area contributed by atoms with Crippen LogP contribution in [-0.2, 0) is 4.79 Å². The summed E-state index contributed by atoms with van der Waals surface area (Å²) in [7, 11) is 4.06. The highest BCUT2D eigenvalue weighted by Gasteiger charge is 2.17. The number of carbonyl (C=O) groups excluding carboxylic acids is 1. The molecule has 0 aliphatic rings. The molecule has 16 heavy (non-hydrogen) atoms. The summed E-state index contributed by atoms with van der Waals surface area (Å²) in [6, 6.07) is -0.434. The van der Waals surface area contributed by atoms with E-state index in [1.165, 1.54) is 0 Å². The third kappa shape index (κ3) is 5.88. The molecule has 0 aromatic rings. The number of nitrogens with two attached hydrogens (primary N) is 1. The molecule has 0 spiro atoms. The second kappa shape index (κ2) is 8.30. The largest absolute Gasteiger partial charge is 0.342 e. The van der Waals surface area contributed by atoms with E-state index < -0.39 is 6.04 Å². The molecule has 0 fully saturated rings. The van der Waals surface area contributed by atoms with Crippen LogP contribution in [0.3, 0.4) is 0 Å². The van der Waals surface area contributed by atoms with Crippen LogP contribution in [0.4, 0.5) is 0 Å². The predicted octanol–water partition coefficient (Wildman–Crippen LogP) is 0.690. The average Bonchev–Trinajstić information content (AvgIpc) is 2.23. The van der Waals surface area contributed by atoms with E-state index in [1.807, 2.05) is 25.9 Å². The Morgan fingerprint density at radius 1 is 1.44 bits per heavy atom. The molecule has 0 bridgehead atoms. The molecule has 1 atom stereocenters. The Morgan fingerprint density at radius 2 is 2.06 bits per heavy atom. The first-order valence-electron chi connectivity index (χ1n) is 5.82. The highest BCUT2D eigenvalue weighted by Crippen LogP contribution is 2.00. The van der Waals surface area contributed by atoms with Gasteiger partial charge in [0.2, 0.25) is 5.91 Å². The minimum absolute atomic E-state index is 0.0288. The fourth-order valence-electron chi connectivity index (χ4n) is 1.52. The van der Waals surface area contributed by atoms with Crippen molar-refractivity contribution in [1.82, 2.24) is 9.80 Å². The topological polar surface area (TPSA) is 49.6 Å². The van der Waals surface area contributed by atoms with E-state index in [4.69, 9.17) is 5.73 Å². The smallest absolute Gasteiger partial charge is 0.239 e. The summed E-state index contributed by atoms with van der Waals surface area (Å²) < 4.78 is 0. The first-order chi connectivity index (χ1) is 7.52. The van der Waals surface area contributed by atoms with Crippen LogP contribution in [-0.4, -0.2) is 55.5 Å². The highest BCUT2D eigenvalue weighted by molar-refractivity contribution is 5.81. The van der Waals surface area contributed by atoms with Gasteiger partial charge in [0, 0.05) is 13.1 Å². The third-order valence-corrected chi connectivity index (χ3v) is 2.46. The lowest BCUT2D eigenvalue weighted by Gasteiger charge is -2.24. The Balaban J connectivity index is 4.05. The minimum Gasteiger partial charge on any atom is -0.342 e. The van der Waals surface area contributed by atoms with Crippen molar-refractivity contribution in [2.45, 2.75) is 25.8 Å². The fraction of sp³-hybridized carbons (Fsp3) is 0.750. The van der Waals surface area contributed by atoms with Gasteiger partial charge in [-0.15, -0.1) is 6.58 Å². The van der Waals surface area contributed by atoms with Crippen LogP contribution >= 0.6 is 0 Å². The van der Waals surface area contributed by atoms with Gasteiger partial charge in [0.15, 0.2) is 0 Å². The van der Waals surface area contributed by atoms with Crippen LogP contribution < -0.4 is 5.73 Å². The molecule has 0 aliphatic carbocycles. The normalized spacial score (nSPS) is 12.6. The monoisotopic (exact) mass is 227 g/mol. The SMILES string of the molecule is C=CCC(N)C(=O)N(CC)CCCN(C)C. The lowest BCUT2D eigenvalue weighted by atomic mass is 10.2. The van der Waals surface area contributed by atoms with Gasteiger partial charge in [-0.25, -0.2) is 0 Å². The number of carbonyl (C=O) groups is 1. The summed E-state index contributed by atoms with van der Waals surface area (Å²) in [6.45, 7) is 8.06. The molecule has 0 saturated carbocycles. The minimum atomic E-state index is -0.434. The average molecular weight is 227 g/mol. The second-order valence-electron chi connectivity index (χ2n) is 4.21. The molecule has 0 rings (SSSR count). The first kappa shape index (κ1) is 15.1. The summed E-state index contributed by atoms with van der Waals surface area (Å²) in [5, 5.41) is 0. The van der Waals surface area contributed by atoms with Crippen molar-refractivity contribution in [3.8, 4) is 0 Å². The van der Waals surface area contributed by atoms with E-state index in [0.29, 0.717) is 6.42 Å². The van der Waals surface area contributed by atoms with E-state index >= 15 is 0 Å². The van der Waals surface area contributed by atoms with Gasteiger partial charge < -0.3 is 15.5 Å². The quantitative estimate of drug-likeness (QED) is 0.621. The number of amides is 1. The summed E-state index contributed by atoms with van der Waals surface area (Å²) in [4.78, 5) is 15.8. The highest BCUT2D eigenvalue weighted by atomic mass is 16.2. The maximum Gasteiger partial charge on any atom is 0.239 e. The van der Waals surface area contributed by atoms with Gasteiger partial charge in [-0.1, -0.05) is 6.08 Å². The van der Waals surface area contributed by atoms with Gasteiger partial charge >= 0.3 is 0 Å². The molecule has 1 unspecified atom stereocenters. The van der Waals surface area contributed by atoms with Crippen molar-refractivity contribution in [2.75, 3.05) is 33.7 Å². The van der Waals surface area contributed by atoms with Crippen LogP contribution in [0.15, 0.2) is 12.7 Å². The number of hydrogen-bond acceptors (Lipinski definition) is 3. The molecule has 1 amide bonds. The molecule has 2 N–H and O–H groups in total. The van der Waals surface area contributed by atoms with Crippen molar-refractivity contribution < 1.29 is 4.79 Å². The predicted molar refractivity (Wildman–Crippen MR) is 68.2 cm³/mol. The number of nitrogens with zero attached hydrogens (tertiary/aromatic N) is 2. The maximum absolute atomic E-state index is 11.9. The fourth-order valence-corrected chi connectivity index (χ4v) is 1.52. The molecule has 4 nitrogen and oxygen atoms in total. The Labute approximate surface area is 99.1 Å². The number of rotatable bonds is 8. The molecule has 0 saturated heterocycles. The molecule has 0 aromatic heterocycles. The summed E-state index contributed by atoms with van der Waals surface area (Å²) in [6.07, 6.45) is 3.21. The van der Waals surface area contributed by atoms with Crippen molar-refractivity contribution in [3.63, 3.8) is 0 Å². The third-order valence-electron chi connectivity index (χ3n) is 2.46. The Bertz CT molecular complexity index is 216. The molecule has 0 aliphatic heterocycles. The second-order valence-corrected chi connectivity index (χ2v) is 4.21. The van der Waals surface area contributed by atoms with Gasteiger partial charge in [-0.2, -0.15) is 0 Å². The van der Waals surface area contributed by atoms with E-state index in [2.05, 4.69) is 11.5 Å². The zero-order valence-corrected chi connectivity index (χ0v) is 10.8. The van der Waals surface area contributed by atoms with Crippen molar-refractivity contribution >= 4 is 5.91 Å². The van der Waals surface area contributed by atoms with Crippen LogP contribution in [0.5, 0.6) is 0 Å². The molecule has 4 heteroatoms. The number of hydrogen-bond donors (Lipinski definition) is 1. The van der Waals surface area contributed by atoms with Crippen molar-refractivity contribution in [1.29, 1.82) is 0 Å². The van der Waals surface area contributed by atoms with Gasteiger partial charge in [-0.3, -0.25) is 4.79 Å². The van der Waals surface area contributed by atoms with Gasteiger partial charge in [0.25, 0.3) is 0 Å². The van der Waals surface area contributed by atoms with Crippen molar-refractivity contribution in [2.24, 2.45) is 5.73 Å². The Kier molecular flexibility index (Phi) is 7.85. The van der Waals surface area contributed by atoms with Crippen molar-refractivity contribution in [3.05, 3.63) is 12.7 Å². The lowest BCUT2D eigenvalue weighted by Crippen LogP contribution is -2.44. The summed E-state index contributed by atoms with van der Waals surface area (Å²) in [5.41, 5.74) is 5.76. The molecule has 0 aromatic carbocycles. The zero-order chi connectivity index (χ0) is 12.6. The van der Waals surface area contributed by atoms with E-state index in [1.54, 1.807) is 6.08 Å². The first-order valence-corrected chi connectivity index (χ1v) is 5.82. The van der Waals surface area contributed by atoms with E-state index in [9.17, 15) is 4.79 Å². The molecule has 94 valence electrons. The molecule has 0 radical (unpaired) electrons. The molecule has 0 heterocycles. The van der Waals surface area contributed by atoms with E-state index in [-0.39, 0.29) is 5.91 Å². The van der Waals surface area contributed by atoms with Crippen LogP contribution in [0.25, 0.3) is 0 Å². The standard InChI is InChI=1S/C12H25N3O/c1-5-8-11(13)12(16)15(6-2)10-7-9-14(3)4/h5,11H,1,6-10,13H2,2-4H3. The Morgan fingerprint density at radius 3 is 2.50 bits per heavy atom. The lowest BCUT2D eigenvalue weighted by molar-refractivity contribution is -0.132. The van der Waals surface area contributed by atoms with Gasteiger partial charge in [-0.05, 0) is 40.4 Å². The maximum atomic E-state index is 11.9. The zero-order valence-electron chi connectivity index (χ0n) is 10.8. The Hall–Kier alpha value is -0.870. The molecular weight excluding hydrogens is 202 g/mol. The van der Waals surface area contributed by atoms with Crippen LogP contribution in [0.2, 0.25) is 0 Å². The van der Waals surface area contributed by atoms with E-state index in [0.717, 1.165) is 26.1 Å². The molecular formula is C12H25N3O. The van der Waals surface area contributed by atoms with Gasteiger partial charge in [0.1, 0.15) is 0 Å². The summed E-state index contributed by atoms with van der Waals surface area (Å²) >= 11 is 0. The number of likely N-dealkylation sites (N-methyl/N-ethyl adjacent to an activating group) is 1. The summed E-state index contributed by atoms with van der Waals surface area (Å²) in [5.74, 6) is 0.0288.